The second-order valence-electron chi connectivity index (χ2n) is 4.23. The summed E-state index contributed by atoms with van der Waals surface area (Å²) in [5.74, 6) is -2.36. The fraction of sp³-hybridized carbons (Fsp3) is 0.417. The third-order valence-corrected chi connectivity index (χ3v) is 3.58. The van der Waals surface area contributed by atoms with Crippen molar-refractivity contribution in [2.75, 3.05) is 6.61 Å². The molecule has 1 aromatic carbocycles. The molecule has 1 saturated heterocycles. The van der Waals surface area contributed by atoms with Crippen molar-refractivity contribution in [2.45, 2.75) is 25.4 Å². The van der Waals surface area contributed by atoms with Gasteiger partial charge in [-0.25, -0.2) is 8.78 Å². The van der Waals surface area contributed by atoms with E-state index in [4.69, 9.17) is 4.74 Å². The normalized spacial score (nSPS) is 24.0. The van der Waals surface area contributed by atoms with E-state index in [1.54, 1.807) is 6.92 Å². The quantitative estimate of drug-likeness (QED) is 0.618. The second-order valence-corrected chi connectivity index (χ2v) is 5.08. The highest BCUT2D eigenvalue weighted by Gasteiger charge is 2.40. The molecule has 0 saturated carbocycles. The fourth-order valence-corrected chi connectivity index (χ4v) is 2.29. The summed E-state index contributed by atoms with van der Waals surface area (Å²) in [7, 11) is 0. The summed E-state index contributed by atoms with van der Waals surface area (Å²) in [4.78, 5) is 12.1. The predicted molar refractivity (Wildman–Crippen MR) is 62.0 cm³/mol. The summed E-state index contributed by atoms with van der Waals surface area (Å²) < 4.78 is 32.7. The number of carbonyl (C=O) groups is 1. The maximum absolute atomic E-state index is 13.8. The average molecular weight is 305 g/mol. The van der Waals surface area contributed by atoms with E-state index in [1.165, 1.54) is 6.07 Å². The van der Waals surface area contributed by atoms with Crippen LogP contribution >= 0.6 is 15.9 Å². The standard InChI is InChI=1S/C12H11BrF2O2/c1-12(5-2-6-17-12)11(16)9-8(14)4-3-7(13)10(9)15/h3-4H,2,5-6H2,1H3. The van der Waals surface area contributed by atoms with E-state index in [1.807, 2.05) is 0 Å². The Hall–Kier alpha value is -0.810. The minimum absolute atomic E-state index is 0.0730. The lowest BCUT2D eigenvalue weighted by atomic mass is 9.91. The average Bonchev–Trinajstić information content (AvgIpc) is 2.72. The smallest absolute Gasteiger partial charge is 0.200 e. The molecule has 1 fully saturated rings. The zero-order valence-corrected chi connectivity index (χ0v) is 10.8. The number of ketones is 1. The number of Topliss-reactive ketones (excluding diaryl/α,β-unsaturated/α-hetero) is 1. The van der Waals surface area contributed by atoms with Crippen LogP contribution in [0.1, 0.15) is 30.1 Å². The molecule has 1 aromatic rings. The van der Waals surface area contributed by atoms with Gasteiger partial charge in [0.15, 0.2) is 11.6 Å². The Morgan fingerprint density at radius 1 is 1.47 bits per heavy atom. The van der Waals surface area contributed by atoms with Gasteiger partial charge in [-0.05, 0) is 47.8 Å². The molecule has 17 heavy (non-hydrogen) atoms. The van der Waals surface area contributed by atoms with E-state index in [2.05, 4.69) is 15.9 Å². The molecule has 0 amide bonds. The summed E-state index contributed by atoms with van der Waals surface area (Å²) >= 11 is 2.94. The van der Waals surface area contributed by atoms with Gasteiger partial charge in [-0.3, -0.25) is 4.79 Å². The van der Waals surface area contributed by atoms with Crippen LogP contribution in [-0.4, -0.2) is 18.0 Å². The largest absolute Gasteiger partial charge is 0.367 e. The summed E-state index contributed by atoms with van der Waals surface area (Å²) in [5.41, 5.74) is -1.63. The van der Waals surface area contributed by atoms with Crippen molar-refractivity contribution < 1.29 is 18.3 Å². The van der Waals surface area contributed by atoms with Gasteiger partial charge < -0.3 is 4.74 Å². The van der Waals surface area contributed by atoms with Gasteiger partial charge in [-0.2, -0.15) is 0 Å². The Kier molecular flexibility index (Phi) is 3.32. The van der Waals surface area contributed by atoms with Crippen LogP contribution in [0.4, 0.5) is 8.78 Å². The van der Waals surface area contributed by atoms with Gasteiger partial charge in [0.2, 0.25) is 0 Å². The molecule has 1 unspecified atom stereocenters. The van der Waals surface area contributed by atoms with Gasteiger partial charge in [-0.1, -0.05) is 0 Å². The minimum atomic E-state index is -1.11. The summed E-state index contributed by atoms with van der Waals surface area (Å²) in [6, 6.07) is 2.30. The van der Waals surface area contributed by atoms with Crippen molar-refractivity contribution >= 4 is 21.7 Å². The van der Waals surface area contributed by atoms with E-state index in [0.717, 1.165) is 12.5 Å². The van der Waals surface area contributed by atoms with Gasteiger partial charge >= 0.3 is 0 Å². The van der Waals surface area contributed by atoms with Crippen molar-refractivity contribution in [3.8, 4) is 0 Å². The molecule has 1 atom stereocenters. The lowest BCUT2D eigenvalue weighted by Crippen LogP contribution is -2.35. The van der Waals surface area contributed by atoms with E-state index < -0.39 is 28.6 Å². The minimum Gasteiger partial charge on any atom is -0.367 e. The van der Waals surface area contributed by atoms with E-state index >= 15 is 0 Å². The number of carbonyl (C=O) groups excluding carboxylic acids is 1. The van der Waals surface area contributed by atoms with Crippen LogP contribution in [0.15, 0.2) is 16.6 Å². The molecule has 1 heterocycles. The van der Waals surface area contributed by atoms with Crippen LogP contribution in [0.25, 0.3) is 0 Å². The zero-order chi connectivity index (χ0) is 12.6. The summed E-state index contributed by atoms with van der Waals surface area (Å²) in [6.07, 6.45) is 1.21. The molecule has 92 valence electrons. The lowest BCUT2D eigenvalue weighted by molar-refractivity contribution is 0.0206. The molecule has 5 heteroatoms. The Balaban J connectivity index is 2.47. The Bertz CT molecular complexity index is 468. The lowest BCUT2D eigenvalue weighted by Gasteiger charge is -2.22. The van der Waals surface area contributed by atoms with Gasteiger partial charge in [0.25, 0.3) is 0 Å². The zero-order valence-electron chi connectivity index (χ0n) is 9.23. The van der Waals surface area contributed by atoms with Crippen LogP contribution in [0.5, 0.6) is 0 Å². The molecule has 0 aliphatic carbocycles. The molecule has 1 aliphatic rings. The molecule has 0 radical (unpaired) electrons. The maximum Gasteiger partial charge on any atom is 0.200 e. The van der Waals surface area contributed by atoms with Crippen molar-refractivity contribution in [3.63, 3.8) is 0 Å². The highest BCUT2D eigenvalue weighted by atomic mass is 79.9. The maximum atomic E-state index is 13.8. The molecule has 0 aromatic heterocycles. The first-order valence-electron chi connectivity index (χ1n) is 5.28. The molecule has 1 aliphatic heterocycles. The molecule has 2 rings (SSSR count). The SMILES string of the molecule is CC1(C(=O)c2c(F)ccc(Br)c2F)CCCO1. The van der Waals surface area contributed by atoms with Crippen molar-refractivity contribution in [3.05, 3.63) is 33.8 Å². The van der Waals surface area contributed by atoms with Crippen molar-refractivity contribution in [1.29, 1.82) is 0 Å². The van der Waals surface area contributed by atoms with Gasteiger partial charge in [0.05, 0.1) is 10.0 Å². The first-order valence-corrected chi connectivity index (χ1v) is 6.07. The fourth-order valence-electron chi connectivity index (χ4n) is 1.96. The Labute approximate surface area is 106 Å². The van der Waals surface area contributed by atoms with Crippen LogP contribution in [0, 0.1) is 11.6 Å². The molecular formula is C12H11BrF2O2. The van der Waals surface area contributed by atoms with Gasteiger partial charge in [0.1, 0.15) is 11.4 Å². The van der Waals surface area contributed by atoms with E-state index in [0.29, 0.717) is 13.0 Å². The van der Waals surface area contributed by atoms with Gasteiger partial charge in [-0.15, -0.1) is 0 Å². The van der Waals surface area contributed by atoms with Crippen LogP contribution in [0.2, 0.25) is 0 Å². The topological polar surface area (TPSA) is 26.3 Å². The summed E-state index contributed by atoms with van der Waals surface area (Å²) in [6.45, 7) is 2.02. The Morgan fingerprint density at radius 2 is 2.18 bits per heavy atom. The third-order valence-electron chi connectivity index (χ3n) is 2.97. The van der Waals surface area contributed by atoms with Crippen LogP contribution < -0.4 is 0 Å². The molecule has 0 bridgehead atoms. The molecular weight excluding hydrogens is 294 g/mol. The molecule has 0 N–H and O–H groups in total. The number of rotatable bonds is 2. The third kappa shape index (κ3) is 2.13. The van der Waals surface area contributed by atoms with Crippen molar-refractivity contribution in [1.82, 2.24) is 0 Å². The number of halogens is 3. The molecule has 0 spiro atoms. The van der Waals surface area contributed by atoms with E-state index in [-0.39, 0.29) is 4.47 Å². The number of hydrogen-bond donors (Lipinski definition) is 0. The first kappa shape index (κ1) is 12.6. The Morgan fingerprint density at radius 3 is 2.76 bits per heavy atom. The van der Waals surface area contributed by atoms with E-state index in [9.17, 15) is 13.6 Å². The van der Waals surface area contributed by atoms with Gasteiger partial charge in [0, 0.05) is 6.61 Å². The molecule has 2 nitrogen and oxygen atoms in total. The highest BCUT2D eigenvalue weighted by Crippen LogP contribution is 2.32. The summed E-state index contributed by atoms with van der Waals surface area (Å²) in [5, 5.41) is 0. The first-order chi connectivity index (χ1) is 7.96. The second kappa shape index (κ2) is 4.46. The highest BCUT2D eigenvalue weighted by molar-refractivity contribution is 9.10. The predicted octanol–water partition coefficient (Wildman–Crippen LogP) is 3.48. The number of benzene rings is 1. The van der Waals surface area contributed by atoms with Crippen molar-refractivity contribution in [2.24, 2.45) is 0 Å². The van der Waals surface area contributed by atoms with Crippen LogP contribution in [-0.2, 0) is 4.74 Å². The monoisotopic (exact) mass is 304 g/mol. The van der Waals surface area contributed by atoms with Crippen LogP contribution in [0.3, 0.4) is 0 Å². The number of ether oxygens (including phenoxy) is 1. The number of hydrogen-bond acceptors (Lipinski definition) is 2.